The van der Waals surface area contributed by atoms with Crippen LogP contribution >= 0.6 is 0 Å². The van der Waals surface area contributed by atoms with Crippen LogP contribution in [0, 0.1) is 0 Å². The van der Waals surface area contributed by atoms with Crippen molar-refractivity contribution in [1.29, 1.82) is 0 Å². The van der Waals surface area contributed by atoms with E-state index < -0.39 is 0 Å². The van der Waals surface area contributed by atoms with Crippen LogP contribution in [0.25, 0.3) is 44.2 Å². The van der Waals surface area contributed by atoms with E-state index in [1.54, 1.807) is 13.1 Å². The summed E-state index contributed by atoms with van der Waals surface area (Å²) in [5, 5.41) is 8.91. The van der Waals surface area contributed by atoms with Crippen molar-refractivity contribution >= 4 is 27.7 Å². The molecule has 176 valence electrons. The molecule has 5 aromatic rings. The fourth-order valence-electron chi connectivity index (χ4n) is 4.90. The summed E-state index contributed by atoms with van der Waals surface area (Å²) in [5.74, 6) is 0.146. The topological polar surface area (TPSA) is 101 Å². The Morgan fingerprint density at radius 1 is 0.914 bits per heavy atom. The molecule has 8 heteroatoms. The summed E-state index contributed by atoms with van der Waals surface area (Å²) in [6.07, 6.45) is 3.64. The molecule has 1 saturated heterocycles. The summed E-state index contributed by atoms with van der Waals surface area (Å²) < 4.78 is 0. The Morgan fingerprint density at radius 3 is 2.46 bits per heavy atom. The number of carbonyl (C=O) groups is 1. The van der Waals surface area contributed by atoms with E-state index in [9.17, 15) is 9.59 Å². The number of fused-ring (bicyclic) bond motifs is 2. The van der Waals surface area contributed by atoms with Gasteiger partial charge in [0.15, 0.2) is 0 Å². The summed E-state index contributed by atoms with van der Waals surface area (Å²) in [5.41, 5.74) is 6.34. The van der Waals surface area contributed by atoms with Crippen LogP contribution in [0.5, 0.6) is 0 Å². The van der Waals surface area contributed by atoms with E-state index in [4.69, 9.17) is 0 Å². The second kappa shape index (κ2) is 8.56. The van der Waals surface area contributed by atoms with E-state index in [0.29, 0.717) is 5.56 Å². The van der Waals surface area contributed by atoms with Gasteiger partial charge in [0.05, 0.1) is 17.5 Å². The number of aromatic nitrogens is 4. The van der Waals surface area contributed by atoms with Crippen LogP contribution in [0.3, 0.4) is 0 Å². The molecule has 0 bridgehead atoms. The number of benzene rings is 2. The molecule has 35 heavy (non-hydrogen) atoms. The van der Waals surface area contributed by atoms with Crippen LogP contribution in [-0.2, 0) is 11.3 Å². The molecule has 6 rings (SSSR count). The predicted octanol–water partition coefficient (Wildman–Crippen LogP) is 3.73. The van der Waals surface area contributed by atoms with Crippen molar-refractivity contribution in [2.45, 2.75) is 13.5 Å². The fraction of sp³-hybridized carbons (Fsp3) is 0.222. The molecule has 1 fully saturated rings. The lowest BCUT2D eigenvalue weighted by Gasteiger charge is -2.34. The smallest absolute Gasteiger partial charge is 0.257 e. The van der Waals surface area contributed by atoms with Crippen LogP contribution in [0.2, 0.25) is 0 Å². The molecule has 3 aromatic heterocycles. The monoisotopic (exact) mass is 466 g/mol. The molecule has 0 aliphatic carbocycles. The largest absolute Gasteiger partial charge is 0.354 e. The highest BCUT2D eigenvalue weighted by molar-refractivity contribution is 5.90. The summed E-state index contributed by atoms with van der Waals surface area (Å²) >= 11 is 0. The first kappa shape index (κ1) is 21.4. The summed E-state index contributed by atoms with van der Waals surface area (Å²) in [6, 6.07) is 16.3. The average molecular weight is 467 g/mol. The number of nitrogens with zero attached hydrogens (tertiary/aromatic N) is 3. The number of nitrogens with one attached hydrogen (secondary N) is 3. The number of hydrogen-bond acceptors (Lipinski definition) is 4. The Hall–Kier alpha value is -4.17. The number of carbonyl (C=O) groups excluding carboxylic acids is 1. The van der Waals surface area contributed by atoms with Crippen molar-refractivity contribution in [3.05, 3.63) is 76.8 Å². The van der Waals surface area contributed by atoms with Gasteiger partial charge in [0.1, 0.15) is 0 Å². The van der Waals surface area contributed by atoms with Gasteiger partial charge in [0.25, 0.3) is 5.56 Å². The third-order valence-electron chi connectivity index (χ3n) is 6.87. The highest BCUT2D eigenvalue weighted by Gasteiger charge is 2.19. The quantitative estimate of drug-likeness (QED) is 0.376. The maximum atomic E-state index is 12.9. The van der Waals surface area contributed by atoms with Crippen molar-refractivity contribution in [3.8, 4) is 22.4 Å². The van der Waals surface area contributed by atoms with Gasteiger partial charge in [-0.2, -0.15) is 5.10 Å². The van der Waals surface area contributed by atoms with Crippen molar-refractivity contribution < 1.29 is 4.79 Å². The van der Waals surface area contributed by atoms with Gasteiger partial charge >= 0.3 is 0 Å². The lowest BCUT2D eigenvalue weighted by atomic mass is 10.0. The van der Waals surface area contributed by atoms with Gasteiger partial charge in [-0.05, 0) is 52.9 Å². The zero-order valence-electron chi connectivity index (χ0n) is 19.5. The normalized spacial score (nSPS) is 14.7. The lowest BCUT2D eigenvalue weighted by Crippen LogP contribution is -2.47. The Bertz CT molecular complexity index is 1590. The van der Waals surface area contributed by atoms with Crippen LogP contribution in [0.1, 0.15) is 12.5 Å². The number of amides is 1. The molecule has 0 atom stereocenters. The molecule has 0 unspecified atom stereocenters. The molecule has 0 spiro atoms. The molecular weight excluding hydrogens is 440 g/mol. The molecule has 4 heterocycles. The fourth-order valence-corrected chi connectivity index (χ4v) is 4.90. The van der Waals surface area contributed by atoms with Crippen LogP contribution in [0.15, 0.2) is 65.7 Å². The average Bonchev–Trinajstić information content (AvgIpc) is 3.54. The van der Waals surface area contributed by atoms with Crippen LogP contribution < -0.4 is 5.56 Å². The van der Waals surface area contributed by atoms with E-state index in [2.05, 4.69) is 49.3 Å². The van der Waals surface area contributed by atoms with E-state index in [1.807, 2.05) is 35.4 Å². The van der Waals surface area contributed by atoms with Crippen molar-refractivity contribution in [2.75, 3.05) is 26.2 Å². The zero-order chi connectivity index (χ0) is 23.9. The molecule has 0 saturated carbocycles. The molecule has 0 radical (unpaired) electrons. The zero-order valence-corrected chi connectivity index (χ0v) is 19.5. The third kappa shape index (κ3) is 4.13. The van der Waals surface area contributed by atoms with E-state index in [1.165, 1.54) is 5.56 Å². The van der Waals surface area contributed by atoms with Gasteiger partial charge < -0.3 is 14.9 Å². The Morgan fingerprint density at radius 2 is 1.69 bits per heavy atom. The second-order valence-electron chi connectivity index (χ2n) is 9.19. The predicted molar refractivity (Wildman–Crippen MR) is 137 cm³/mol. The molecule has 3 N–H and O–H groups in total. The van der Waals surface area contributed by atoms with Crippen molar-refractivity contribution in [1.82, 2.24) is 30.0 Å². The standard InChI is InChI=1S/C27H26N6O2/c1-17(34)33-8-6-32(7-9-33)16-18-2-4-24-20(10-18)13-26(30-24)23-12-21-11-19(22-14-28-29-15-22)3-5-25(21)31-27(23)35/h2-5,10-15,30H,6-9,16H2,1H3,(H,28,29)(H,31,35). The number of aromatic amines is 3. The van der Waals surface area contributed by atoms with E-state index >= 15 is 0 Å². The molecule has 1 aliphatic rings. The van der Waals surface area contributed by atoms with Crippen LogP contribution in [-0.4, -0.2) is 62.1 Å². The maximum absolute atomic E-state index is 12.9. The minimum atomic E-state index is -0.122. The summed E-state index contributed by atoms with van der Waals surface area (Å²) in [6.45, 7) is 5.78. The van der Waals surface area contributed by atoms with Gasteiger partial charge in [-0.3, -0.25) is 19.6 Å². The number of piperazine rings is 1. The molecule has 1 amide bonds. The number of pyridine rings is 1. The molecular formula is C27H26N6O2. The number of hydrogen-bond donors (Lipinski definition) is 3. The first-order chi connectivity index (χ1) is 17.0. The van der Waals surface area contributed by atoms with Gasteiger partial charge in [0.2, 0.25) is 5.91 Å². The summed E-state index contributed by atoms with van der Waals surface area (Å²) in [7, 11) is 0. The summed E-state index contributed by atoms with van der Waals surface area (Å²) in [4.78, 5) is 35.2. The van der Waals surface area contributed by atoms with Crippen molar-refractivity contribution in [2.24, 2.45) is 0 Å². The molecule has 2 aromatic carbocycles. The Labute approximate surface area is 201 Å². The maximum Gasteiger partial charge on any atom is 0.257 e. The van der Waals surface area contributed by atoms with E-state index in [-0.39, 0.29) is 11.5 Å². The molecule has 1 aliphatic heterocycles. The minimum absolute atomic E-state index is 0.122. The second-order valence-corrected chi connectivity index (χ2v) is 9.19. The highest BCUT2D eigenvalue weighted by atomic mass is 16.2. The number of rotatable bonds is 4. The minimum Gasteiger partial charge on any atom is -0.354 e. The van der Waals surface area contributed by atoms with Crippen molar-refractivity contribution in [3.63, 3.8) is 0 Å². The highest BCUT2D eigenvalue weighted by Crippen LogP contribution is 2.27. The first-order valence-corrected chi connectivity index (χ1v) is 11.8. The van der Waals surface area contributed by atoms with Gasteiger partial charge in [-0.25, -0.2) is 0 Å². The Kier molecular flexibility index (Phi) is 5.22. The van der Waals surface area contributed by atoms with Gasteiger partial charge in [0, 0.05) is 67.8 Å². The Balaban J connectivity index is 1.29. The van der Waals surface area contributed by atoms with Gasteiger partial charge in [-0.15, -0.1) is 0 Å². The third-order valence-corrected chi connectivity index (χ3v) is 6.87. The first-order valence-electron chi connectivity index (χ1n) is 11.8. The lowest BCUT2D eigenvalue weighted by molar-refractivity contribution is -0.130. The number of H-pyrrole nitrogens is 3. The molecule has 8 nitrogen and oxygen atoms in total. The van der Waals surface area contributed by atoms with Gasteiger partial charge in [-0.1, -0.05) is 12.1 Å². The SMILES string of the molecule is CC(=O)N1CCN(Cc2ccc3[nH]c(-c4cc5cc(-c6cn[nH]c6)ccc5[nH]c4=O)cc3c2)CC1. The van der Waals surface area contributed by atoms with E-state index in [0.717, 1.165) is 71.4 Å². The van der Waals surface area contributed by atoms with Crippen LogP contribution in [0.4, 0.5) is 0 Å².